The molecule has 0 spiro atoms. The van der Waals surface area contributed by atoms with E-state index >= 15 is 0 Å². The smallest absolute Gasteiger partial charge is 0.0928 e. The largest absolute Gasteiger partial charge is 0.316 e. The van der Waals surface area contributed by atoms with Gasteiger partial charge in [0.05, 0.1) is 24.7 Å². The van der Waals surface area contributed by atoms with Crippen LogP contribution in [0.25, 0.3) is 0 Å². The summed E-state index contributed by atoms with van der Waals surface area (Å²) in [5.41, 5.74) is 0. The zero-order valence-corrected chi connectivity index (χ0v) is 32.9. The first-order valence-electron chi connectivity index (χ1n) is 21.4. The van der Waals surface area contributed by atoms with Crippen molar-refractivity contribution in [2.75, 3.05) is 6.54 Å². The normalized spacial score (nSPS) is 34.5. The van der Waals surface area contributed by atoms with Crippen molar-refractivity contribution in [2.45, 2.75) is 222 Å². The van der Waals surface area contributed by atoms with Gasteiger partial charge in [0.15, 0.2) is 0 Å². The van der Waals surface area contributed by atoms with Gasteiger partial charge < -0.3 is 4.48 Å². The van der Waals surface area contributed by atoms with Crippen molar-refractivity contribution in [2.24, 2.45) is 53.3 Å². The molecular formula is C44H86N+. The number of hydrogen-bond acceptors (Lipinski definition) is 0. The molecule has 9 atom stereocenters. The van der Waals surface area contributed by atoms with Crippen molar-refractivity contribution in [3.05, 3.63) is 0 Å². The molecule has 3 fully saturated rings. The van der Waals surface area contributed by atoms with E-state index in [-0.39, 0.29) is 0 Å². The molecule has 0 saturated heterocycles. The third-order valence-electron chi connectivity index (χ3n) is 14.2. The van der Waals surface area contributed by atoms with Crippen LogP contribution in [-0.4, -0.2) is 29.2 Å². The first-order valence-corrected chi connectivity index (χ1v) is 21.4. The highest BCUT2D eigenvalue weighted by molar-refractivity contribution is 4.94. The van der Waals surface area contributed by atoms with Crippen molar-refractivity contribution >= 4 is 0 Å². The van der Waals surface area contributed by atoms with Gasteiger partial charge in [0.25, 0.3) is 0 Å². The Kier molecular flexibility index (Phi) is 17.4. The topological polar surface area (TPSA) is 0 Å². The third kappa shape index (κ3) is 11.0. The number of quaternary nitrogens is 1. The van der Waals surface area contributed by atoms with Crippen LogP contribution >= 0.6 is 0 Å². The molecule has 0 amide bonds. The van der Waals surface area contributed by atoms with E-state index in [9.17, 15) is 0 Å². The summed E-state index contributed by atoms with van der Waals surface area (Å²) in [6, 6.07) is 2.65. The van der Waals surface area contributed by atoms with E-state index in [4.69, 9.17) is 0 Å². The third-order valence-corrected chi connectivity index (χ3v) is 14.2. The molecule has 0 aromatic heterocycles. The maximum absolute atomic E-state index is 2.63. The highest BCUT2D eigenvalue weighted by Crippen LogP contribution is 2.53. The fourth-order valence-electron chi connectivity index (χ4n) is 11.6. The zero-order chi connectivity index (χ0) is 33.0. The molecular weight excluding hydrogens is 542 g/mol. The summed E-state index contributed by atoms with van der Waals surface area (Å²) in [4.78, 5) is 0. The summed E-state index contributed by atoms with van der Waals surface area (Å²) < 4.78 is 1.56. The van der Waals surface area contributed by atoms with Gasteiger partial charge in [-0.2, -0.15) is 0 Å². The molecule has 0 aromatic carbocycles. The van der Waals surface area contributed by atoms with Crippen LogP contribution in [0.5, 0.6) is 0 Å². The van der Waals surface area contributed by atoms with Gasteiger partial charge in [-0.1, -0.05) is 133 Å². The Morgan fingerprint density at radius 3 is 1.00 bits per heavy atom. The van der Waals surface area contributed by atoms with E-state index in [2.05, 4.69) is 69.2 Å². The molecule has 3 saturated carbocycles. The fourth-order valence-corrected chi connectivity index (χ4v) is 11.6. The first kappa shape index (κ1) is 39.4. The van der Waals surface area contributed by atoms with Gasteiger partial charge in [0, 0.05) is 37.0 Å². The van der Waals surface area contributed by atoms with E-state index in [0.717, 1.165) is 71.4 Å². The molecule has 45 heavy (non-hydrogen) atoms. The molecule has 3 aliphatic rings. The van der Waals surface area contributed by atoms with Crippen LogP contribution in [0, 0.1) is 53.3 Å². The molecule has 0 N–H and O–H groups in total. The first-order chi connectivity index (χ1) is 21.5. The second-order valence-corrected chi connectivity index (χ2v) is 18.8. The van der Waals surface area contributed by atoms with Crippen LogP contribution in [0.4, 0.5) is 0 Å². The highest BCUT2D eigenvalue weighted by atomic mass is 15.4. The number of hydrogen-bond donors (Lipinski definition) is 0. The van der Waals surface area contributed by atoms with Crippen LogP contribution in [0.15, 0.2) is 0 Å². The van der Waals surface area contributed by atoms with Crippen LogP contribution in [0.3, 0.4) is 0 Å². The second-order valence-electron chi connectivity index (χ2n) is 18.8. The lowest BCUT2D eigenvalue weighted by atomic mass is 9.63. The number of unbranched alkanes of at least 4 members (excludes halogenated alkanes) is 11. The van der Waals surface area contributed by atoms with Crippen molar-refractivity contribution in [3.63, 3.8) is 0 Å². The van der Waals surface area contributed by atoms with Crippen molar-refractivity contribution in [3.8, 4) is 0 Å². The van der Waals surface area contributed by atoms with E-state index in [1.165, 1.54) is 141 Å². The average molecular weight is 629 g/mol. The van der Waals surface area contributed by atoms with Crippen LogP contribution < -0.4 is 0 Å². The Balaban J connectivity index is 1.92. The van der Waals surface area contributed by atoms with Gasteiger partial charge in [-0.3, -0.25) is 0 Å². The minimum Gasteiger partial charge on any atom is -0.316 e. The van der Waals surface area contributed by atoms with Gasteiger partial charge in [0.2, 0.25) is 0 Å². The summed E-state index contributed by atoms with van der Waals surface area (Å²) >= 11 is 0. The Hall–Kier alpha value is -0.0400. The Bertz CT molecular complexity index is 688. The SMILES string of the molecule is CCCCCCCCCCCCCC[N+](C1CC(C)CCC1C(C)C)(C1CC(C)CCC1C(C)C)C1CC(C)CCC1C(C)C. The van der Waals surface area contributed by atoms with E-state index in [1.807, 2.05) is 0 Å². The summed E-state index contributed by atoms with van der Waals surface area (Å²) in [7, 11) is 0. The van der Waals surface area contributed by atoms with Gasteiger partial charge in [-0.25, -0.2) is 0 Å². The minimum absolute atomic E-state index is 0.819. The molecule has 3 aliphatic carbocycles. The lowest BCUT2D eigenvalue weighted by Crippen LogP contribution is -2.74. The molecule has 9 unspecified atom stereocenters. The lowest BCUT2D eigenvalue weighted by molar-refractivity contribution is -1.01. The number of rotatable bonds is 19. The maximum atomic E-state index is 2.63. The highest BCUT2D eigenvalue weighted by Gasteiger charge is 2.59. The molecule has 0 bridgehead atoms. The van der Waals surface area contributed by atoms with E-state index in [0.29, 0.717) is 0 Å². The molecule has 1 heteroatoms. The summed E-state index contributed by atoms with van der Waals surface area (Å²) in [5.74, 6) is 7.90. The minimum atomic E-state index is 0.819. The molecule has 0 heterocycles. The molecule has 3 rings (SSSR count). The summed E-state index contributed by atoms with van der Waals surface area (Å²) in [6.45, 7) is 27.4. The van der Waals surface area contributed by atoms with Gasteiger partial charge in [-0.15, -0.1) is 0 Å². The molecule has 0 aliphatic heterocycles. The fraction of sp³-hybridized carbons (Fsp3) is 1.00. The van der Waals surface area contributed by atoms with E-state index in [1.54, 1.807) is 4.48 Å². The molecule has 266 valence electrons. The molecule has 1 nitrogen and oxygen atoms in total. The average Bonchev–Trinajstić information content (AvgIpc) is 2.99. The van der Waals surface area contributed by atoms with Crippen LogP contribution in [0.2, 0.25) is 0 Å². The summed E-state index contributed by atoms with van der Waals surface area (Å²) in [5, 5.41) is 0. The number of nitrogens with zero attached hydrogens (tertiary/aromatic N) is 1. The van der Waals surface area contributed by atoms with Crippen molar-refractivity contribution in [1.29, 1.82) is 0 Å². The van der Waals surface area contributed by atoms with E-state index < -0.39 is 0 Å². The van der Waals surface area contributed by atoms with Crippen molar-refractivity contribution < 1.29 is 4.48 Å². The molecule has 0 aromatic rings. The Morgan fingerprint density at radius 2 is 0.711 bits per heavy atom. The zero-order valence-electron chi connectivity index (χ0n) is 32.9. The Labute approximate surface area is 285 Å². The quantitative estimate of drug-likeness (QED) is 0.0986. The van der Waals surface area contributed by atoms with Gasteiger partial charge in [-0.05, 0) is 86.9 Å². The Morgan fingerprint density at radius 1 is 0.422 bits per heavy atom. The maximum Gasteiger partial charge on any atom is 0.0928 e. The van der Waals surface area contributed by atoms with Crippen LogP contribution in [-0.2, 0) is 0 Å². The lowest BCUT2D eigenvalue weighted by Gasteiger charge is -2.64. The predicted molar refractivity (Wildman–Crippen MR) is 202 cm³/mol. The molecule has 0 radical (unpaired) electrons. The van der Waals surface area contributed by atoms with Crippen LogP contribution in [0.1, 0.15) is 204 Å². The summed E-state index contributed by atoms with van der Waals surface area (Å²) in [6.07, 6.45) is 31.0. The second kappa shape index (κ2) is 19.8. The predicted octanol–water partition coefficient (Wildman–Crippen LogP) is 13.9. The monoisotopic (exact) mass is 629 g/mol. The standard InChI is InChI=1S/C44H86N/c1-11-12-13-14-15-16-17-18-19-20-21-22-29-45(42-30-36(8)23-26-39(42)33(2)3,43-31-37(9)24-27-40(43)34(4)5)44-32-38(10)25-28-41(44)35(6)7/h33-44H,11-32H2,1-10H3/q+1. The van der Waals surface area contributed by atoms with Gasteiger partial charge >= 0.3 is 0 Å². The van der Waals surface area contributed by atoms with Gasteiger partial charge in [0.1, 0.15) is 0 Å². The van der Waals surface area contributed by atoms with Crippen molar-refractivity contribution in [1.82, 2.24) is 0 Å².